The first-order valence-electron chi connectivity index (χ1n) is 39.9. The lowest BCUT2D eigenvalue weighted by atomic mass is 9.99. The Morgan fingerprint density at radius 3 is 0.908 bits per heavy atom. The number of benzene rings is 16. The van der Waals surface area contributed by atoms with Crippen LogP contribution in [0.2, 0.25) is 0 Å². The molecule has 24 rings (SSSR count). The third kappa shape index (κ3) is 12.5. The maximum atomic E-state index is 6.42. The summed E-state index contributed by atoms with van der Waals surface area (Å²) in [5, 5.41) is 11.5. The fourth-order valence-electron chi connectivity index (χ4n) is 16.8. The summed E-state index contributed by atoms with van der Waals surface area (Å²) in [6.07, 6.45) is 0. The second-order valence-corrected chi connectivity index (χ2v) is 32.0. The van der Waals surface area contributed by atoms with Crippen LogP contribution in [0, 0.1) is 0 Å². The van der Waals surface area contributed by atoms with Crippen molar-refractivity contribution in [3.05, 3.63) is 388 Å². The van der Waals surface area contributed by atoms with Crippen LogP contribution in [-0.4, -0.2) is 39.9 Å². The average molecular weight is 1570 g/mol. The molecule has 8 heterocycles. The van der Waals surface area contributed by atoms with E-state index in [1.165, 1.54) is 51.5 Å². The van der Waals surface area contributed by atoms with Gasteiger partial charge in [-0.1, -0.05) is 346 Å². The third-order valence-corrected chi connectivity index (χ3v) is 25.1. The normalized spacial score (nSPS) is 11.7. The lowest BCUT2D eigenvalue weighted by molar-refractivity contribution is 0.669. The molecule has 12 heteroatoms. The Hall–Kier alpha value is -15.6. The van der Waals surface area contributed by atoms with Gasteiger partial charge in [0.05, 0.1) is 22.4 Å². The molecule has 0 aliphatic rings. The summed E-state index contributed by atoms with van der Waals surface area (Å²) in [6.45, 7) is 0. The lowest BCUT2D eigenvalue weighted by Gasteiger charge is -2.11. The first-order chi connectivity index (χ1) is 59.4. The molecular weight excluding hydrogens is 1510 g/mol. The Morgan fingerprint density at radius 2 is 0.483 bits per heavy atom. The molecule has 560 valence electrons. The van der Waals surface area contributed by atoms with Crippen molar-refractivity contribution in [3.8, 4) is 135 Å². The van der Waals surface area contributed by atoms with E-state index in [0.29, 0.717) is 34.9 Å². The van der Waals surface area contributed by atoms with Crippen LogP contribution in [0.4, 0.5) is 0 Å². The molecule has 0 unspecified atom stereocenters. The van der Waals surface area contributed by atoms with Crippen molar-refractivity contribution in [2.24, 2.45) is 0 Å². The minimum Gasteiger partial charge on any atom is -0.455 e. The number of aromatic nitrogens is 8. The van der Waals surface area contributed by atoms with Crippen LogP contribution in [0.25, 0.3) is 241 Å². The Labute approximate surface area is 696 Å². The Balaban J connectivity index is 0.000000140. The molecule has 0 bridgehead atoms. The van der Waals surface area contributed by atoms with Gasteiger partial charge in [0.2, 0.25) is 0 Å². The summed E-state index contributed by atoms with van der Waals surface area (Å²) in [7, 11) is 0. The molecular formula is C108H64N8O2S2. The van der Waals surface area contributed by atoms with E-state index >= 15 is 0 Å². The molecule has 0 aliphatic heterocycles. The van der Waals surface area contributed by atoms with Gasteiger partial charge < -0.3 is 8.83 Å². The maximum Gasteiger partial charge on any atom is 0.164 e. The zero-order chi connectivity index (χ0) is 79.1. The summed E-state index contributed by atoms with van der Waals surface area (Å²) in [4.78, 5) is 41.2. The van der Waals surface area contributed by atoms with E-state index in [4.69, 9.17) is 48.7 Å². The molecule has 0 radical (unpaired) electrons. The lowest BCUT2D eigenvalue weighted by Crippen LogP contribution is -2.00. The van der Waals surface area contributed by atoms with Crippen LogP contribution in [-0.2, 0) is 0 Å². The highest BCUT2D eigenvalue weighted by molar-refractivity contribution is 7.27. The fourth-order valence-corrected chi connectivity index (χ4v) is 19.3. The van der Waals surface area contributed by atoms with E-state index in [1.807, 2.05) is 120 Å². The van der Waals surface area contributed by atoms with E-state index in [1.54, 1.807) is 0 Å². The quantitative estimate of drug-likeness (QED) is 0.117. The van der Waals surface area contributed by atoms with E-state index < -0.39 is 0 Å². The van der Waals surface area contributed by atoms with Crippen molar-refractivity contribution in [1.29, 1.82) is 0 Å². The summed E-state index contributed by atoms with van der Waals surface area (Å²) in [6, 6.07) is 135. The van der Waals surface area contributed by atoms with Gasteiger partial charge in [-0.15, -0.1) is 22.7 Å². The molecule has 120 heavy (non-hydrogen) atoms. The van der Waals surface area contributed by atoms with Gasteiger partial charge in [0.1, 0.15) is 22.3 Å². The van der Waals surface area contributed by atoms with Crippen molar-refractivity contribution < 1.29 is 8.83 Å². The second-order valence-electron chi connectivity index (χ2n) is 29.9. The number of nitrogens with zero attached hydrogens (tertiary/aromatic N) is 8. The van der Waals surface area contributed by atoms with Crippen LogP contribution in [0.3, 0.4) is 0 Å². The molecule has 16 aromatic carbocycles. The average Bonchev–Trinajstić information content (AvgIpc) is 1.77. The molecule has 8 aromatic heterocycles. The van der Waals surface area contributed by atoms with Crippen LogP contribution >= 0.6 is 22.7 Å². The predicted molar refractivity (Wildman–Crippen MR) is 496 cm³/mol. The smallest absolute Gasteiger partial charge is 0.164 e. The predicted octanol–water partition coefficient (Wildman–Crippen LogP) is 29.4. The fraction of sp³-hybridized carbons (Fsp3) is 0. The van der Waals surface area contributed by atoms with Gasteiger partial charge in [-0.05, 0) is 75.8 Å². The SMILES string of the molecule is c1ccc(-c2ccc3c(c2)nc(-c2ccc(-c4nc(-c5ccccc5)nc(-c5ccc(-c6cccc7c6oc6ccccc67)cc5)n4)cc2)c2c4ccccc4sc32)cc1.c1ccc(-c2ccc3c(c2)nc(-c2ccc(-c4nc(-c5ccccc5)nc(-c5cccc(-c6cccc7c6oc6ccccc67)c5)n4)cc2)c2c4ccccc4sc32)cc1. The number of para-hydroxylation sites is 4. The van der Waals surface area contributed by atoms with Crippen molar-refractivity contribution in [2.75, 3.05) is 0 Å². The number of hydrogen-bond donors (Lipinski definition) is 0. The number of thiophene rings is 2. The van der Waals surface area contributed by atoms with E-state index in [9.17, 15) is 0 Å². The van der Waals surface area contributed by atoms with Gasteiger partial charge >= 0.3 is 0 Å². The molecule has 0 spiro atoms. The van der Waals surface area contributed by atoms with E-state index in [-0.39, 0.29) is 0 Å². The van der Waals surface area contributed by atoms with Crippen molar-refractivity contribution >= 4 is 129 Å². The minimum atomic E-state index is 0.596. The largest absolute Gasteiger partial charge is 0.455 e. The molecule has 0 fully saturated rings. The highest BCUT2D eigenvalue weighted by Crippen LogP contribution is 2.48. The van der Waals surface area contributed by atoms with Gasteiger partial charge in [-0.3, -0.25) is 0 Å². The monoisotopic (exact) mass is 1570 g/mol. The molecule has 0 saturated heterocycles. The molecule has 0 aliphatic carbocycles. The van der Waals surface area contributed by atoms with Crippen LogP contribution in [0.1, 0.15) is 0 Å². The van der Waals surface area contributed by atoms with Gasteiger partial charge in [0, 0.05) is 128 Å². The van der Waals surface area contributed by atoms with Crippen molar-refractivity contribution in [1.82, 2.24) is 39.9 Å². The number of pyridine rings is 2. The van der Waals surface area contributed by atoms with Gasteiger partial charge in [-0.25, -0.2) is 39.9 Å². The first kappa shape index (κ1) is 69.9. The number of rotatable bonds is 12. The van der Waals surface area contributed by atoms with Gasteiger partial charge in [-0.2, -0.15) is 0 Å². The molecule has 0 atom stereocenters. The third-order valence-electron chi connectivity index (χ3n) is 22.7. The summed E-state index contributed by atoms with van der Waals surface area (Å²) >= 11 is 3.66. The standard InChI is InChI=1S/2C54H32N4OS/c1-3-13-33(14-4-1)37-29-30-43-45(32-37)55-49(48-44-20-8-10-24-47(44)60-51(43)48)34-25-27-36(28-26-34)53-56-52(35-15-5-2-6-16-35)57-54(58-53)39-18-11-17-38(31-39)40-21-12-22-42-41-19-7-9-23-46(41)59-50(40)42;1-3-12-33(13-4-1)39-30-31-43-45(32-39)55-49(48-44-17-8-10-21-47(44)60-51(43)48)35-24-28-38(29-25-35)54-57-52(36-14-5-2-6-15-36)56-53(58-54)37-26-22-34(23-27-37)40-18-11-19-42-41-16-7-9-20-46(41)59-50(40)42/h2*1-32H. The first-order valence-corrected chi connectivity index (χ1v) is 41.5. The van der Waals surface area contributed by atoms with E-state index in [2.05, 4.69) is 291 Å². The van der Waals surface area contributed by atoms with Gasteiger partial charge in [0.15, 0.2) is 34.9 Å². The molecule has 24 aromatic rings. The molecule has 0 saturated carbocycles. The highest BCUT2D eigenvalue weighted by Gasteiger charge is 2.24. The molecule has 0 amide bonds. The number of fused-ring (bicyclic) bond motifs is 16. The second kappa shape index (κ2) is 29.3. The topological polar surface area (TPSA) is 129 Å². The van der Waals surface area contributed by atoms with Crippen molar-refractivity contribution in [3.63, 3.8) is 0 Å². The minimum absolute atomic E-state index is 0.596. The summed E-state index contributed by atoms with van der Waals surface area (Å²) < 4.78 is 17.8. The Bertz CT molecular complexity index is 8130. The molecule has 0 N–H and O–H groups in total. The zero-order valence-electron chi connectivity index (χ0n) is 64.2. The van der Waals surface area contributed by atoms with Crippen LogP contribution in [0.15, 0.2) is 397 Å². The Morgan fingerprint density at radius 1 is 0.183 bits per heavy atom. The van der Waals surface area contributed by atoms with Crippen LogP contribution in [0.5, 0.6) is 0 Å². The summed E-state index contributed by atoms with van der Waals surface area (Å²) in [5.41, 5.74) is 23.6. The summed E-state index contributed by atoms with van der Waals surface area (Å²) in [5.74, 6) is 3.63. The van der Waals surface area contributed by atoms with Crippen LogP contribution < -0.4 is 0 Å². The number of furan rings is 2. The zero-order valence-corrected chi connectivity index (χ0v) is 65.8. The van der Waals surface area contributed by atoms with Crippen molar-refractivity contribution in [2.45, 2.75) is 0 Å². The highest BCUT2D eigenvalue weighted by atomic mass is 32.1. The molecule has 10 nitrogen and oxygen atoms in total. The van der Waals surface area contributed by atoms with Gasteiger partial charge in [0.25, 0.3) is 0 Å². The number of hydrogen-bond acceptors (Lipinski definition) is 12. The Kier molecular flexibility index (Phi) is 17.1. The van der Waals surface area contributed by atoms with E-state index in [0.717, 1.165) is 155 Å². The maximum absolute atomic E-state index is 6.42.